The second-order valence-electron chi connectivity index (χ2n) is 4.14. The van der Waals surface area contributed by atoms with Crippen LogP contribution in [0, 0.1) is 6.92 Å². The van der Waals surface area contributed by atoms with Crippen LogP contribution in [0.25, 0.3) is 5.69 Å². The molecule has 0 N–H and O–H groups in total. The second kappa shape index (κ2) is 7.03. The van der Waals surface area contributed by atoms with Crippen LogP contribution >= 0.6 is 11.8 Å². The SMILES string of the molecule is CCOC(=O)CSc1nnc(C)c(=O)n1-c1ccccc1. The van der Waals surface area contributed by atoms with E-state index in [0.29, 0.717) is 23.1 Å². The van der Waals surface area contributed by atoms with Crippen LogP contribution in [0.2, 0.25) is 0 Å². The summed E-state index contributed by atoms with van der Waals surface area (Å²) in [7, 11) is 0. The third-order valence-electron chi connectivity index (χ3n) is 2.63. The summed E-state index contributed by atoms with van der Waals surface area (Å²) in [6.45, 7) is 3.67. The maximum absolute atomic E-state index is 12.3. The Morgan fingerprint density at radius 1 is 1.29 bits per heavy atom. The van der Waals surface area contributed by atoms with E-state index in [9.17, 15) is 9.59 Å². The number of nitrogens with zero attached hydrogens (tertiary/aromatic N) is 3. The van der Waals surface area contributed by atoms with Gasteiger partial charge in [-0.15, -0.1) is 10.2 Å². The highest BCUT2D eigenvalue weighted by molar-refractivity contribution is 7.99. The Morgan fingerprint density at radius 2 is 2.00 bits per heavy atom. The van der Waals surface area contributed by atoms with Crippen molar-refractivity contribution in [2.24, 2.45) is 0 Å². The summed E-state index contributed by atoms with van der Waals surface area (Å²) < 4.78 is 6.32. The van der Waals surface area contributed by atoms with E-state index in [1.807, 2.05) is 18.2 Å². The van der Waals surface area contributed by atoms with Crippen molar-refractivity contribution in [3.8, 4) is 5.69 Å². The van der Waals surface area contributed by atoms with Gasteiger partial charge in [0.2, 0.25) is 0 Å². The number of para-hydroxylation sites is 1. The van der Waals surface area contributed by atoms with E-state index in [-0.39, 0.29) is 17.3 Å². The molecule has 0 fully saturated rings. The molecule has 0 aliphatic heterocycles. The lowest BCUT2D eigenvalue weighted by Gasteiger charge is -2.10. The fourth-order valence-electron chi connectivity index (χ4n) is 1.68. The van der Waals surface area contributed by atoms with E-state index in [1.165, 1.54) is 4.57 Å². The smallest absolute Gasteiger partial charge is 0.316 e. The maximum atomic E-state index is 12.3. The van der Waals surface area contributed by atoms with Gasteiger partial charge in [0.05, 0.1) is 18.0 Å². The van der Waals surface area contributed by atoms with Crippen molar-refractivity contribution >= 4 is 17.7 Å². The van der Waals surface area contributed by atoms with E-state index < -0.39 is 0 Å². The molecule has 21 heavy (non-hydrogen) atoms. The molecule has 0 saturated carbocycles. The van der Waals surface area contributed by atoms with Gasteiger partial charge >= 0.3 is 5.97 Å². The average Bonchev–Trinajstić information content (AvgIpc) is 2.49. The molecule has 0 amide bonds. The molecule has 6 nitrogen and oxygen atoms in total. The van der Waals surface area contributed by atoms with E-state index in [4.69, 9.17) is 4.74 Å². The highest BCUT2D eigenvalue weighted by Gasteiger charge is 2.13. The van der Waals surface area contributed by atoms with Crippen LogP contribution in [-0.2, 0) is 9.53 Å². The van der Waals surface area contributed by atoms with Crippen LogP contribution in [-0.4, -0.2) is 33.1 Å². The monoisotopic (exact) mass is 305 g/mol. The summed E-state index contributed by atoms with van der Waals surface area (Å²) in [6, 6.07) is 9.13. The van der Waals surface area contributed by atoms with Gasteiger partial charge in [-0.2, -0.15) is 0 Å². The summed E-state index contributed by atoms with van der Waals surface area (Å²) in [4.78, 5) is 23.7. The van der Waals surface area contributed by atoms with Crippen molar-refractivity contribution in [2.45, 2.75) is 19.0 Å². The normalized spacial score (nSPS) is 10.4. The van der Waals surface area contributed by atoms with Gasteiger partial charge in [-0.1, -0.05) is 30.0 Å². The third kappa shape index (κ3) is 3.69. The Bertz CT molecular complexity index is 686. The Balaban J connectivity index is 2.36. The zero-order chi connectivity index (χ0) is 15.2. The highest BCUT2D eigenvalue weighted by atomic mass is 32.2. The molecule has 7 heteroatoms. The van der Waals surface area contributed by atoms with E-state index in [0.717, 1.165) is 11.8 Å². The predicted molar refractivity (Wildman–Crippen MR) is 79.7 cm³/mol. The minimum atomic E-state index is -0.350. The molecule has 0 atom stereocenters. The van der Waals surface area contributed by atoms with Crippen molar-refractivity contribution in [1.82, 2.24) is 14.8 Å². The predicted octanol–water partition coefficient (Wildman–Crippen LogP) is 1.59. The average molecular weight is 305 g/mol. The maximum Gasteiger partial charge on any atom is 0.316 e. The van der Waals surface area contributed by atoms with Crippen LogP contribution in [0.1, 0.15) is 12.6 Å². The number of hydrogen-bond donors (Lipinski definition) is 0. The fourth-order valence-corrected chi connectivity index (χ4v) is 2.42. The molecule has 1 aromatic heterocycles. The Morgan fingerprint density at radius 3 is 2.67 bits per heavy atom. The molecular weight excluding hydrogens is 290 g/mol. The molecule has 0 radical (unpaired) electrons. The largest absolute Gasteiger partial charge is 0.465 e. The van der Waals surface area contributed by atoms with Gasteiger partial charge < -0.3 is 4.74 Å². The van der Waals surface area contributed by atoms with Crippen LogP contribution in [0.4, 0.5) is 0 Å². The minimum Gasteiger partial charge on any atom is -0.465 e. The van der Waals surface area contributed by atoms with Crippen LogP contribution in [0.15, 0.2) is 40.3 Å². The summed E-state index contributed by atoms with van der Waals surface area (Å²) >= 11 is 1.13. The van der Waals surface area contributed by atoms with Crippen molar-refractivity contribution in [1.29, 1.82) is 0 Å². The third-order valence-corrected chi connectivity index (χ3v) is 3.53. The number of hydrogen-bond acceptors (Lipinski definition) is 6. The molecule has 0 aliphatic carbocycles. The highest BCUT2D eigenvalue weighted by Crippen LogP contribution is 2.17. The van der Waals surface area contributed by atoms with E-state index in [1.54, 1.807) is 26.0 Å². The molecule has 0 spiro atoms. The number of carbonyl (C=O) groups is 1. The minimum absolute atomic E-state index is 0.0812. The van der Waals surface area contributed by atoms with Crippen molar-refractivity contribution < 1.29 is 9.53 Å². The molecule has 0 bridgehead atoms. The fraction of sp³-hybridized carbons (Fsp3) is 0.286. The molecule has 1 aromatic carbocycles. The first kappa shape index (κ1) is 15.2. The molecule has 2 aromatic rings. The molecule has 0 saturated heterocycles. The van der Waals surface area contributed by atoms with Crippen molar-refractivity contribution in [3.63, 3.8) is 0 Å². The topological polar surface area (TPSA) is 74.1 Å². The number of ether oxygens (including phenoxy) is 1. The first-order valence-electron chi connectivity index (χ1n) is 6.43. The van der Waals surface area contributed by atoms with E-state index >= 15 is 0 Å². The summed E-state index contributed by atoms with van der Waals surface area (Å²) in [5, 5.41) is 8.21. The second-order valence-corrected chi connectivity index (χ2v) is 5.08. The number of thioether (sulfide) groups is 1. The zero-order valence-corrected chi connectivity index (χ0v) is 12.6. The Labute approximate surface area is 126 Å². The standard InChI is InChI=1S/C14H15N3O3S/c1-3-20-12(18)9-21-14-16-15-10(2)13(19)17(14)11-7-5-4-6-8-11/h4-8H,3,9H2,1-2H3. The number of carbonyl (C=O) groups excluding carboxylic acids is 1. The van der Waals surface area contributed by atoms with Gasteiger partial charge in [-0.3, -0.25) is 14.2 Å². The number of rotatable bonds is 5. The molecule has 2 rings (SSSR count). The Hall–Kier alpha value is -2.15. The van der Waals surface area contributed by atoms with Crippen LogP contribution in [0.5, 0.6) is 0 Å². The van der Waals surface area contributed by atoms with E-state index in [2.05, 4.69) is 10.2 Å². The summed E-state index contributed by atoms with van der Waals surface area (Å²) in [5.41, 5.74) is 0.744. The lowest BCUT2D eigenvalue weighted by Crippen LogP contribution is -2.25. The van der Waals surface area contributed by atoms with Gasteiger partial charge in [0.15, 0.2) is 5.16 Å². The van der Waals surface area contributed by atoms with Gasteiger partial charge in [-0.05, 0) is 26.0 Å². The molecular formula is C14H15N3O3S. The van der Waals surface area contributed by atoms with Crippen LogP contribution in [0.3, 0.4) is 0 Å². The van der Waals surface area contributed by atoms with Gasteiger partial charge in [0.1, 0.15) is 5.69 Å². The number of benzene rings is 1. The lowest BCUT2D eigenvalue weighted by atomic mass is 10.3. The van der Waals surface area contributed by atoms with Crippen molar-refractivity contribution in [3.05, 3.63) is 46.4 Å². The molecule has 1 heterocycles. The lowest BCUT2D eigenvalue weighted by molar-refractivity contribution is -0.139. The number of esters is 1. The summed E-state index contributed by atoms with van der Waals surface area (Å²) in [5.74, 6) is -0.269. The summed E-state index contributed by atoms with van der Waals surface area (Å²) in [6.07, 6.45) is 0. The first-order valence-corrected chi connectivity index (χ1v) is 7.42. The first-order chi connectivity index (χ1) is 10.1. The molecule has 110 valence electrons. The molecule has 0 unspecified atom stereocenters. The van der Waals surface area contributed by atoms with Gasteiger partial charge in [0, 0.05) is 0 Å². The Kier molecular flexibility index (Phi) is 5.10. The number of aromatic nitrogens is 3. The van der Waals surface area contributed by atoms with Crippen molar-refractivity contribution in [2.75, 3.05) is 12.4 Å². The van der Waals surface area contributed by atoms with Gasteiger partial charge in [-0.25, -0.2) is 0 Å². The quantitative estimate of drug-likeness (QED) is 0.617. The van der Waals surface area contributed by atoms with Gasteiger partial charge in [0.25, 0.3) is 5.56 Å². The van der Waals surface area contributed by atoms with Crippen LogP contribution < -0.4 is 5.56 Å². The molecule has 0 aliphatic rings. The zero-order valence-electron chi connectivity index (χ0n) is 11.8. The number of aryl methyl sites for hydroxylation is 1.